The number of aryl methyl sites for hydroxylation is 1. The molecule has 0 bridgehead atoms. The van der Waals surface area contributed by atoms with Crippen LogP contribution in [-0.4, -0.2) is 34.7 Å². The third-order valence-electron chi connectivity index (χ3n) is 4.79. The van der Waals surface area contributed by atoms with Crippen molar-refractivity contribution in [2.45, 2.75) is 32.7 Å². The second kappa shape index (κ2) is 7.24. The highest BCUT2D eigenvalue weighted by atomic mass is 16.3. The largest absolute Gasteiger partial charge is 0.396 e. The van der Waals surface area contributed by atoms with E-state index in [-0.39, 0.29) is 5.41 Å². The molecule has 3 nitrogen and oxygen atoms in total. The molecule has 0 spiro atoms. The summed E-state index contributed by atoms with van der Waals surface area (Å²) < 4.78 is 0. The molecular weight excluding hydrogens is 284 g/mol. The van der Waals surface area contributed by atoms with Gasteiger partial charge in [0.1, 0.15) is 0 Å². The van der Waals surface area contributed by atoms with E-state index in [4.69, 9.17) is 0 Å². The number of aliphatic hydroxyl groups is 1. The normalized spacial score (nSPS) is 15.8. The van der Waals surface area contributed by atoms with Crippen molar-refractivity contribution in [1.82, 2.24) is 9.88 Å². The first kappa shape index (κ1) is 16.2. The molecule has 0 atom stereocenters. The van der Waals surface area contributed by atoms with E-state index in [2.05, 4.69) is 52.3 Å². The van der Waals surface area contributed by atoms with Gasteiger partial charge in [0.25, 0.3) is 0 Å². The topological polar surface area (TPSA) is 36.4 Å². The van der Waals surface area contributed by atoms with Crippen LogP contribution in [0, 0.1) is 12.3 Å². The van der Waals surface area contributed by atoms with Gasteiger partial charge in [-0.2, -0.15) is 0 Å². The van der Waals surface area contributed by atoms with E-state index in [1.165, 1.54) is 11.1 Å². The number of hydrogen-bond acceptors (Lipinski definition) is 3. The van der Waals surface area contributed by atoms with E-state index >= 15 is 0 Å². The Kier molecular flexibility index (Phi) is 5.09. The van der Waals surface area contributed by atoms with E-state index in [9.17, 15) is 5.11 Å². The van der Waals surface area contributed by atoms with Crippen LogP contribution in [0.2, 0.25) is 0 Å². The van der Waals surface area contributed by atoms with Crippen molar-refractivity contribution in [1.29, 1.82) is 0 Å². The Bertz CT molecular complexity index is 605. The summed E-state index contributed by atoms with van der Waals surface area (Å²) in [6.07, 6.45) is 5.29. The molecule has 0 saturated heterocycles. The Labute approximate surface area is 139 Å². The summed E-state index contributed by atoms with van der Waals surface area (Å²) >= 11 is 0. The summed E-state index contributed by atoms with van der Waals surface area (Å²) in [5.41, 5.74) is 3.83. The van der Waals surface area contributed by atoms with Gasteiger partial charge in [-0.15, -0.1) is 0 Å². The molecule has 1 aromatic heterocycles. The van der Waals surface area contributed by atoms with Crippen LogP contribution in [-0.2, 0) is 13.0 Å². The van der Waals surface area contributed by atoms with Gasteiger partial charge in [0.15, 0.2) is 0 Å². The predicted octanol–water partition coefficient (Wildman–Crippen LogP) is 3.21. The summed E-state index contributed by atoms with van der Waals surface area (Å²) in [4.78, 5) is 6.87. The minimum Gasteiger partial charge on any atom is -0.396 e. The molecule has 1 aromatic carbocycles. The molecule has 3 rings (SSSR count). The molecule has 23 heavy (non-hydrogen) atoms. The monoisotopic (exact) mass is 310 g/mol. The minimum absolute atomic E-state index is 0.153. The quantitative estimate of drug-likeness (QED) is 0.813. The number of aliphatic hydroxyl groups excluding tert-OH is 1. The zero-order valence-electron chi connectivity index (χ0n) is 13.9. The number of aromatic nitrogens is 1. The fourth-order valence-electron chi connectivity index (χ4n) is 3.01. The molecule has 1 N–H and O–H groups in total. The standard InChI is InChI=1S/C20H26N2O/c1-17-7-8-18(13-21-17)9-12-22(15-20(16-23)10-11-20)14-19-5-3-2-4-6-19/h2-8,13,23H,9-12,14-16H2,1H3. The lowest BCUT2D eigenvalue weighted by atomic mass is 10.1. The lowest BCUT2D eigenvalue weighted by molar-refractivity contribution is 0.144. The first-order chi connectivity index (χ1) is 11.2. The van der Waals surface area contributed by atoms with Gasteiger partial charge in [-0.3, -0.25) is 9.88 Å². The summed E-state index contributed by atoms with van der Waals surface area (Å²) in [7, 11) is 0. The Morgan fingerprint density at radius 3 is 2.48 bits per heavy atom. The molecule has 0 aliphatic heterocycles. The minimum atomic E-state index is 0.153. The van der Waals surface area contributed by atoms with Crippen LogP contribution in [0.5, 0.6) is 0 Å². The summed E-state index contributed by atoms with van der Waals surface area (Å²) in [5.74, 6) is 0. The number of hydrogen-bond donors (Lipinski definition) is 1. The molecule has 3 heteroatoms. The number of benzene rings is 1. The average Bonchev–Trinajstić information content (AvgIpc) is 3.35. The van der Waals surface area contributed by atoms with Crippen LogP contribution in [0.4, 0.5) is 0 Å². The first-order valence-electron chi connectivity index (χ1n) is 8.48. The Balaban J connectivity index is 1.63. The Morgan fingerprint density at radius 1 is 1.09 bits per heavy atom. The van der Waals surface area contributed by atoms with Crippen molar-refractivity contribution in [3.05, 3.63) is 65.5 Å². The zero-order valence-corrected chi connectivity index (χ0v) is 13.9. The van der Waals surface area contributed by atoms with Gasteiger partial charge >= 0.3 is 0 Å². The molecule has 0 unspecified atom stereocenters. The van der Waals surface area contributed by atoms with Gasteiger partial charge in [-0.1, -0.05) is 36.4 Å². The lowest BCUT2D eigenvalue weighted by Gasteiger charge is -2.26. The van der Waals surface area contributed by atoms with E-state index in [1.807, 2.05) is 13.1 Å². The number of pyridine rings is 1. The maximum atomic E-state index is 9.65. The van der Waals surface area contributed by atoms with Crippen LogP contribution in [0.15, 0.2) is 48.7 Å². The summed E-state index contributed by atoms with van der Waals surface area (Å²) in [6, 6.07) is 14.8. The van der Waals surface area contributed by atoms with Crippen molar-refractivity contribution in [3.8, 4) is 0 Å². The van der Waals surface area contributed by atoms with Crippen LogP contribution in [0.25, 0.3) is 0 Å². The Hall–Kier alpha value is -1.71. The summed E-state index contributed by atoms with van der Waals surface area (Å²) in [5, 5.41) is 9.65. The highest BCUT2D eigenvalue weighted by Crippen LogP contribution is 2.45. The van der Waals surface area contributed by atoms with Crippen LogP contribution < -0.4 is 0 Å². The van der Waals surface area contributed by atoms with Crippen molar-refractivity contribution in [2.75, 3.05) is 19.7 Å². The van der Waals surface area contributed by atoms with E-state index in [0.29, 0.717) is 6.61 Å². The maximum Gasteiger partial charge on any atom is 0.0499 e. The van der Waals surface area contributed by atoms with E-state index < -0.39 is 0 Å². The van der Waals surface area contributed by atoms with E-state index in [0.717, 1.165) is 44.6 Å². The molecule has 122 valence electrons. The second-order valence-corrected chi connectivity index (χ2v) is 6.91. The van der Waals surface area contributed by atoms with Crippen molar-refractivity contribution >= 4 is 0 Å². The Morgan fingerprint density at radius 2 is 1.87 bits per heavy atom. The van der Waals surface area contributed by atoms with Gasteiger partial charge in [-0.25, -0.2) is 0 Å². The molecule has 1 heterocycles. The smallest absolute Gasteiger partial charge is 0.0499 e. The van der Waals surface area contributed by atoms with Crippen LogP contribution in [0.1, 0.15) is 29.7 Å². The second-order valence-electron chi connectivity index (χ2n) is 6.91. The fraction of sp³-hybridized carbons (Fsp3) is 0.450. The van der Waals surface area contributed by atoms with Gasteiger partial charge in [0, 0.05) is 43.5 Å². The predicted molar refractivity (Wildman–Crippen MR) is 93.1 cm³/mol. The highest BCUT2D eigenvalue weighted by Gasteiger charge is 2.43. The van der Waals surface area contributed by atoms with Crippen LogP contribution in [0.3, 0.4) is 0 Å². The van der Waals surface area contributed by atoms with Gasteiger partial charge in [0.05, 0.1) is 0 Å². The zero-order chi connectivity index (χ0) is 16.1. The highest BCUT2D eigenvalue weighted by molar-refractivity contribution is 5.16. The third-order valence-corrected chi connectivity index (χ3v) is 4.79. The fourth-order valence-corrected chi connectivity index (χ4v) is 3.01. The molecule has 0 amide bonds. The third kappa shape index (κ3) is 4.63. The number of nitrogens with zero attached hydrogens (tertiary/aromatic N) is 2. The van der Waals surface area contributed by atoms with E-state index in [1.54, 1.807) is 0 Å². The maximum absolute atomic E-state index is 9.65. The first-order valence-corrected chi connectivity index (χ1v) is 8.48. The summed E-state index contributed by atoms with van der Waals surface area (Å²) in [6.45, 7) is 5.26. The lowest BCUT2D eigenvalue weighted by Crippen LogP contribution is -2.33. The number of rotatable bonds is 8. The molecule has 0 radical (unpaired) electrons. The van der Waals surface area contributed by atoms with Gasteiger partial charge < -0.3 is 5.11 Å². The van der Waals surface area contributed by atoms with Crippen molar-refractivity contribution < 1.29 is 5.11 Å². The van der Waals surface area contributed by atoms with Crippen molar-refractivity contribution in [2.24, 2.45) is 5.41 Å². The molecule has 1 aliphatic carbocycles. The van der Waals surface area contributed by atoms with Crippen LogP contribution >= 0.6 is 0 Å². The van der Waals surface area contributed by atoms with Gasteiger partial charge in [-0.05, 0) is 43.4 Å². The SMILES string of the molecule is Cc1ccc(CCN(Cc2ccccc2)CC2(CO)CC2)cn1. The molecule has 2 aromatic rings. The molecular formula is C20H26N2O. The van der Waals surface area contributed by atoms with Crippen molar-refractivity contribution in [3.63, 3.8) is 0 Å². The van der Waals surface area contributed by atoms with Gasteiger partial charge in [0.2, 0.25) is 0 Å². The average molecular weight is 310 g/mol. The molecule has 1 fully saturated rings. The molecule has 1 aliphatic rings. The molecule has 1 saturated carbocycles.